The molecule has 3 aliphatic heterocycles. The molecule has 1 saturated heterocycles. The van der Waals surface area contributed by atoms with Crippen molar-refractivity contribution in [2.75, 3.05) is 46.5 Å². The minimum Gasteiger partial charge on any atom is -0.497 e. The zero-order valence-corrected chi connectivity index (χ0v) is 18.3. The number of methoxy groups -OCH3 is 1. The fourth-order valence-electron chi connectivity index (χ4n) is 5.30. The lowest BCUT2D eigenvalue weighted by atomic mass is 9.77. The zero-order valence-electron chi connectivity index (χ0n) is 18.3. The predicted molar refractivity (Wildman–Crippen MR) is 114 cm³/mol. The van der Waals surface area contributed by atoms with Crippen molar-refractivity contribution in [3.8, 4) is 5.75 Å². The van der Waals surface area contributed by atoms with E-state index in [1.165, 1.54) is 0 Å². The summed E-state index contributed by atoms with van der Waals surface area (Å²) in [6.45, 7) is 4.16. The number of Topliss-reactive ketones (excluding diaryl/α,β-unsaturated/α-hetero) is 1. The molecule has 1 saturated carbocycles. The van der Waals surface area contributed by atoms with E-state index in [1.54, 1.807) is 12.0 Å². The van der Waals surface area contributed by atoms with Gasteiger partial charge in [0, 0.05) is 26.2 Å². The molecule has 1 aliphatic carbocycles. The molecule has 0 spiro atoms. The van der Waals surface area contributed by atoms with Crippen molar-refractivity contribution in [1.29, 1.82) is 0 Å². The lowest BCUT2D eigenvalue weighted by Crippen LogP contribution is -2.43. The standard InChI is InChI=1S/C24H29FN2O5/c1-30-17-5-2-15(3-6-17)21-20-22(28)18-14-16(25)4-7-19(18)32-23(20)24(29)27(21)9-8-26-10-12-31-13-11-26/h2-3,5-6,16,18-19,21H,4,7-14H2,1H3. The first kappa shape index (κ1) is 21.4. The van der Waals surface area contributed by atoms with Gasteiger partial charge in [-0.1, -0.05) is 12.1 Å². The average molecular weight is 445 g/mol. The molecule has 4 aliphatic rings. The van der Waals surface area contributed by atoms with Gasteiger partial charge in [0.15, 0.2) is 11.5 Å². The largest absolute Gasteiger partial charge is 0.497 e. The quantitative estimate of drug-likeness (QED) is 0.694. The Morgan fingerprint density at radius 3 is 2.56 bits per heavy atom. The monoisotopic (exact) mass is 444 g/mol. The van der Waals surface area contributed by atoms with E-state index in [9.17, 15) is 14.0 Å². The predicted octanol–water partition coefficient (Wildman–Crippen LogP) is 2.27. The van der Waals surface area contributed by atoms with Gasteiger partial charge in [-0.05, 0) is 37.0 Å². The Morgan fingerprint density at radius 1 is 1.09 bits per heavy atom. The summed E-state index contributed by atoms with van der Waals surface area (Å²) in [6.07, 6.45) is -0.415. The van der Waals surface area contributed by atoms with Gasteiger partial charge < -0.3 is 19.1 Å². The smallest absolute Gasteiger partial charge is 0.290 e. The molecule has 0 radical (unpaired) electrons. The van der Waals surface area contributed by atoms with Gasteiger partial charge in [-0.2, -0.15) is 0 Å². The molecule has 2 fully saturated rings. The number of ketones is 1. The highest BCUT2D eigenvalue weighted by atomic mass is 19.1. The van der Waals surface area contributed by atoms with Gasteiger partial charge in [-0.15, -0.1) is 0 Å². The van der Waals surface area contributed by atoms with Crippen LogP contribution in [0, 0.1) is 5.92 Å². The van der Waals surface area contributed by atoms with Crippen molar-refractivity contribution in [3.05, 3.63) is 41.2 Å². The van der Waals surface area contributed by atoms with Gasteiger partial charge >= 0.3 is 0 Å². The van der Waals surface area contributed by atoms with E-state index in [-0.39, 0.29) is 23.9 Å². The summed E-state index contributed by atoms with van der Waals surface area (Å²) in [5.41, 5.74) is 1.21. The highest BCUT2D eigenvalue weighted by molar-refractivity contribution is 6.11. The molecule has 32 heavy (non-hydrogen) atoms. The minimum absolute atomic E-state index is 0.137. The maximum atomic E-state index is 14.1. The molecule has 172 valence electrons. The topological polar surface area (TPSA) is 68.3 Å². The van der Waals surface area contributed by atoms with Crippen LogP contribution in [0.5, 0.6) is 5.75 Å². The maximum absolute atomic E-state index is 14.1. The summed E-state index contributed by atoms with van der Waals surface area (Å²) < 4.78 is 30.9. The lowest BCUT2D eigenvalue weighted by molar-refractivity contribution is -0.136. The molecule has 0 N–H and O–H groups in total. The Labute approximate surface area is 187 Å². The fraction of sp³-hybridized carbons (Fsp3) is 0.583. The molecule has 3 heterocycles. The highest BCUT2D eigenvalue weighted by Crippen LogP contribution is 2.47. The van der Waals surface area contributed by atoms with Crippen LogP contribution in [0.25, 0.3) is 0 Å². The second-order valence-electron chi connectivity index (χ2n) is 8.91. The number of hydrogen-bond donors (Lipinski definition) is 0. The summed E-state index contributed by atoms with van der Waals surface area (Å²) >= 11 is 0. The van der Waals surface area contributed by atoms with Crippen LogP contribution in [0.2, 0.25) is 0 Å². The number of rotatable bonds is 5. The van der Waals surface area contributed by atoms with E-state index in [1.807, 2.05) is 24.3 Å². The van der Waals surface area contributed by atoms with Crippen molar-refractivity contribution < 1.29 is 28.2 Å². The van der Waals surface area contributed by atoms with Crippen LogP contribution in [0.1, 0.15) is 30.9 Å². The van der Waals surface area contributed by atoms with Gasteiger partial charge in [0.1, 0.15) is 18.0 Å². The average Bonchev–Trinajstić information content (AvgIpc) is 3.10. The van der Waals surface area contributed by atoms with E-state index >= 15 is 0 Å². The third-order valence-corrected chi connectivity index (χ3v) is 7.07. The summed E-state index contributed by atoms with van der Waals surface area (Å²) in [6, 6.07) is 6.89. The molecule has 7 nitrogen and oxygen atoms in total. The molecular weight excluding hydrogens is 415 g/mol. The SMILES string of the molecule is COc1ccc(C2C3=C(OC4CCC(F)CC4C3=O)C(=O)N2CCN2CCOCC2)cc1. The van der Waals surface area contributed by atoms with Crippen molar-refractivity contribution in [3.63, 3.8) is 0 Å². The van der Waals surface area contributed by atoms with Gasteiger partial charge in [0.05, 0.1) is 37.9 Å². The Bertz CT molecular complexity index is 911. The molecular formula is C24H29FN2O5. The number of amides is 1. The van der Waals surface area contributed by atoms with Crippen molar-refractivity contribution in [1.82, 2.24) is 9.80 Å². The number of benzene rings is 1. The van der Waals surface area contributed by atoms with Crippen LogP contribution in [-0.4, -0.2) is 80.3 Å². The molecule has 1 amide bonds. The number of ether oxygens (including phenoxy) is 3. The van der Waals surface area contributed by atoms with Gasteiger partial charge in [0.2, 0.25) is 0 Å². The van der Waals surface area contributed by atoms with Gasteiger partial charge in [0.25, 0.3) is 5.91 Å². The number of alkyl halides is 1. The number of hydrogen-bond acceptors (Lipinski definition) is 6. The van der Waals surface area contributed by atoms with E-state index in [0.29, 0.717) is 50.5 Å². The second kappa shape index (κ2) is 8.83. The first-order valence-electron chi connectivity index (χ1n) is 11.4. The van der Waals surface area contributed by atoms with Gasteiger partial charge in [-0.25, -0.2) is 4.39 Å². The van der Waals surface area contributed by atoms with Crippen LogP contribution in [-0.2, 0) is 19.1 Å². The first-order valence-corrected chi connectivity index (χ1v) is 11.4. The van der Waals surface area contributed by atoms with Crippen LogP contribution in [0.15, 0.2) is 35.6 Å². The second-order valence-corrected chi connectivity index (χ2v) is 8.91. The first-order chi connectivity index (χ1) is 15.6. The third kappa shape index (κ3) is 3.79. The molecule has 8 heteroatoms. The lowest BCUT2D eigenvalue weighted by Gasteiger charge is -2.36. The number of halogens is 1. The van der Waals surface area contributed by atoms with E-state index in [4.69, 9.17) is 14.2 Å². The van der Waals surface area contributed by atoms with Gasteiger partial charge in [-0.3, -0.25) is 14.5 Å². The molecule has 1 aromatic carbocycles. The number of morpholine rings is 1. The summed E-state index contributed by atoms with van der Waals surface area (Å²) in [5, 5.41) is 0. The minimum atomic E-state index is -1.00. The summed E-state index contributed by atoms with van der Waals surface area (Å²) in [7, 11) is 1.60. The molecule has 5 rings (SSSR count). The number of carbonyl (C=O) groups excluding carboxylic acids is 2. The maximum Gasteiger partial charge on any atom is 0.290 e. The Balaban J connectivity index is 1.47. The molecule has 0 bridgehead atoms. The zero-order chi connectivity index (χ0) is 22.2. The number of carbonyl (C=O) groups is 2. The van der Waals surface area contributed by atoms with E-state index in [0.717, 1.165) is 18.7 Å². The van der Waals surface area contributed by atoms with Crippen LogP contribution in [0.3, 0.4) is 0 Å². The molecule has 0 aromatic heterocycles. The van der Waals surface area contributed by atoms with Crippen molar-refractivity contribution in [2.24, 2.45) is 5.92 Å². The Kier molecular flexibility index (Phi) is 5.90. The van der Waals surface area contributed by atoms with Crippen molar-refractivity contribution >= 4 is 11.7 Å². The molecule has 1 aromatic rings. The number of fused-ring (bicyclic) bond motifs is 1. The summed E-state index contributed by atoms with van der Waals surface area (Å²) in [5.74, 6) is -0.0440. The van der Waals surface area contributed by atoms with Crippen LogP contribution < -0.4 is 4.74 Å². The van der Waals surface area contributed by atoms with Crippen LogP contribution >= 0.6 is 0 Å². The summed E-state index contributed by atoms with van der Waals surface area (Å²) in [4.78, 5) is 31.0. The molecule has 4 unspecified atom stereocenters. The van der Waals surface area contributed by atoms with Crippen molar-refractivity contribution in [2.45, 2.75) is 37.6 Å². The molecule has 4 atom stereocenters. The third-order valence-electron chi connectivity index (χ3n) is 7.07. The fourth-order valence-corrected chi connectivity index (χ4v) is 5.30. The van der Waals surface area contributed by atoms with Crippen LogP contribution in [0.4, 0.5) is 4.39 Å². The Hall–Kier alpha value is -2.45. The highest BCUT2D eigenvalue weighted by Gasteiger charge is 2.52. The van der Waals surface area contributed by atoms with E-state index in [2.05, 4.69) is 4.90 Å². The number of nitrogens with zero attached hydrogens (tertiary/aromatic N) is 2. The Morgan fingerprint density at radius 2 is 1.84 bits per heavy atom. The normalized spacial score (nSPS) is 30.8. The van der Waals surface area contributed by atoms with E-state index < -0.39 is 24.2 Å².